The zero-order valence-electron chi connectivity index (χ0n) is 23.3. The molecule has 2 aromatic carbocycles. The first-order valence-electron chi connectivity index (χ1n) is 13.5. The molecular weight excluding hydrogens is 683 g/mol. The van der Waals surface area contributed by atoms with Crippen LogP contribution in [0, 0.1) is 17.8 Å². The molecule has 2 aliphatic heterocycles. The number of carboxylic acid groups (broad SMARTS) is 1. The van der Waals surface area contributed by atoms with E-state index in [0.29, 0.717) is 5.57 Å². The number of imide groups is 2. The van der Waals surface area contributed by atoms with Gasteiger partial charge in [0, 0.05) is 23.6 Å². The number of carboxylic acids is 1. The predicted octanol–water partition coefficient (Wildman–Crippen LogP) is 4.02. The molecule has 0 radical (unpaired) electrons. The highest BCUT2D eigenvalue weighted by atomic mass is 79.9. The second-order valence-corrected chi connectivity index (χ2v) is 12.9. The lowest BCUT2D eigenvalue weighted by atomic mass is 9.56. The lowest BCUT2D eigenvalue weighted by Gasteiger charge is -2.51. The third-order valence-electron chi connectivity index (χ3n) is 9.20. The molecular formula is C30H25BrCl2N2O9. The van der Waals surface area contributed by atoms with Crippen molar-refractivity contribution in [3.63, 3.8) is 0 Å². The van der Waals surface area contributed by atoms with Gasteiger partial charge >= 0.3 is 5.97 Å². The van der Waals surface area contributed by atoms with Crippen molar-refractivity contribution < 1.29 is 43.7 Å². The highest BCUT2D eigenvalue weighted by molar-refractivity contribution is 9.09. The van der Waals surface area contributed by atoms with Crippen LogP contribution in [-0.2, 0) is 19.2 Å². The van der Waals surface area contributed by atoms with Gasteiger partial charge in [-0.1, -0.05) is 33.6 Å². The largest absolute Gasteiger partial charge is 0.507 e. The Labute approximate surface area is 269 Å². The number of carbonyl (C=O) groups is 5. The number of fused-ring (bicyclic) bond motifs is 4. The van der Waals surface area contributed by atoms with Crippen LogP contribution < -0.4 is 14.4 Å². The van der Waals surface area contributed by atoms with Gasteiger partial charge in [0.25, 0.3) is 11.8 Å². The van der Waals surface area contributed by atoms with Gasteiger partial charge in [-0.3, -0.25) is 29.0 Å². The minimum atomic E-state index is -2.14. The van der Waals surface area contributed by atoms with Gasteiger partial charge in [0.2, 0.25) is 11.8 Å². The van der Waals surface area contributed by atoms with E-state index in [1.807, 2.05) is 0 Å². The van der Waals surface area contributed by atoms with Crippen LogP contribution in [0.1, 0.15) is 34.7 Å². The summed E-state index contributed by atoms with van der Waals surface area (Å²) in [6.45, 7) is 0. The van der Waals surface area contributed by atoms with Crippen LogP contribution in [0.3, 0.4) is 0 Å². The van der Waals surface area contributed by atoms with Gasteiger partial charge in [-0.05, 0) is 37.0 Å². The van der Waals surface area contributed by atoms with Crippen molar-refractivity contribution in [1.82, 2.24) is 4.90 Å². The smallest absolute Gasteiger partial charge is 0.335 e. The molecule has 4 aliphatic rings. The number of allylic oxidation sites excluding steroid dienone is 2. The first-order chi connectivity index (χ1) is 20.8. The van der Waals surface area contributed by atoms with Crippen LogP contribution in [0.25, 0.3) is 0 Å². The van der Waals surface area contributed by atoms with Crippen molar-refractivity contribution in [3.05, 3.63) is 59.2 Å². The molecule has 0 spiro atoms. The summed E-state index contributed by atoms with van der Waals surface area (Å²) in [5.74, 6) is -7.87. The van der Waals surface area contributed by atoms with E-state index in [-0.39, 0.29) is 52.4 Å². The van der Waals surface area contributed by atoms with Gasteiger partial charge in [0.05, 0.1) is 42.8 Å². The molecule has 0 bridgehead atoms. The summed E-state index contributed by atoms with van der Waals surface area (Å²) in [4.78, 5) is 64.9. The maximum Gasteiger partial charge on any atom is 0.335 e. The fourth-order valence-electron chi connectivity index (χ4n) is 7.27. The van der Waals surface area contributed by atoms with Crippen LogP contribution in [0.15, 0.2) is 48.0 Å². The number of amides is 4. The van der Waals surface area contributed by atoms with Crippen molar-refractivity contribution >= 4 is 74.4 Å². The van der Waals surface area contributed by atoms with E-state index >= 15 is 0 Å². The van der Waals surface area contributed by atoms with Gasteiger partial charge in [-0.25, -0.2) is 4.79 Å². The minimum absolute atomic E-state index is 0.0723. The Hall–Kier alpha value is -3.61. The molecule has 44 heavy (non-hydrogen) atoms. The van der Waals surface area contributed by atoms with Crippen LogP contribution in [0.4, 0.5) is 5.69 Å². The van der Waals surface area contributed by atoms with E-state index in [1.165, 1.54) is 50.6 Å². The summed E-state index contributed by atoms with van der Waals surface area (Å²) in [5, 5.41) is 20.8. The number of hydrogen-bond donors (Lipinski definition) is 2. The fraction of sp³-hybridized carbons (Fsp3) is 0.367. The lowest BCUT2D eigenvalue weighted by molar-refractivity contribution is -0.138. The highest BCUT2D eigenvalue weighted by Crippen LogP contribution is 2.67. The van der Waals surface area contributed by atoms with Crippen LogP contribution in [0.2, 0.25) is 0 Å². The van der Waals surface area contributed by atoms with Gasteiger partial charge in [-0.2, -0.15) is 0 Å². The molecule has 2 heterocycles. The Morgan fingerprint density at radius 1 is 1.05 bits per heavy atom. The van der Waals surface area contributed by atoms with Crippen molar-refractivity contribution in [2.45, 2.75) is 28.5 Å². The number of alkyl halides is 3. The average Bonchev–Trinajstić information content (AvgIpc) is 3.34. The van der Waals surface area contributed by atoms with Crippen molar-refractivity contribution in [3.8, 4) is 17.2 Å². The predicted molar refractivity (Wildman–Crippen MR) is 160 cm³/mol. The van der Waals surface area contributed by atoms with Gasteiger partial charge in [0.15, 0.2) is 9.75 Å². The number of phenolic OH excluding ortho intramolecular Hbond substituents is 1. The normalized spacial score (nSPS) is 31.0. The first-order valence-corrected chi connectivity index (χ1v) is 15.4. The molecule has 0 aromatic heterocycles. The number of rotatable bonds is 6. The standard InChI is InChI=1S/C30H25BrCl2N2O9/c1-43-15-9-19(36)22(20(10-15)44-2)23-16-6-7-17-21(18(16)11-29(32)27(41)34(12-31)28(42)30(23,29)33)25(38)35(24(17)37)14-5-3-4-13(8-14)26(39)40/h3-6,8-10,17-18,21,23,36H,7,11-12H2,1-2H3,(H,39,40). The number of aromatic hydroxyl groups is 1. The monoisotopic (exact) mass is 706 g/mol. The third-order valence-corrected chi connectivity index (χ3v) is 11.1. The fourth-order valence-corrected chi connectivity index (χ4v) is 8.68. The number of carbonyl (C=O) groups excluding carboxylic acids is 4. The van der Waals surface area contributed by atoms with E-state index in [1.54, 1.807) is 6.08 Å². The second-order valence-electron chi connectivity index (χ2n) is 11.1. The van der Waals surface area contributed by atoms with Gasteiger partial charge in [-0.15, -0.1) is 23.2 Å². The zero-order valence-corrected chi connectivity index (χ0v) is 26.4. The molecule has 2 aliphatic carbocycles. The molecule has 14 heteroatoms. The number of hydrogen-bond acceptors (Lipinski definition) is 8. The summed E-state index contributed by atoms with van der Waals surface area (Å²) in [7, 11) is 2.75. The number of methoxy groups -OCH3 is 2. The Morgan fingerprint density at radius 3 is 2.41 bits per heavy atom. The number of benzene rings is 2. The number of ether oxygens (including phenoxy) is 2. The van der Waals surface area contributed by atoms with E-state index < -0.39 is 63.0 Å². The molecule has 6 unspecified atom stereocenters. The Balaban J connectivity index is 1.55. The zero-order chi connectivity index (χ0) is 31.9. The molecule has 11 nitrogen and oxygen atoms in total. The molecule has 6 rings (SSSR count). The maximum atomic E-state index is 14.1. The Bertz CT molecular complexity index is 1700. The second kappa shape index (κ2) is 10.5. The number of halogens is 3. The summed E-state index contributed by atoms with van der Waals surface area (Å²) in [6, 6.07) is 8.30. The SMILES string of the molecule is COc1cc(O)c(C2C3=CCC4C(=O)N(c5cccc(C(=O)O)c5)C(=O)C4C3CC3(Cl)C(=O)N(CBr)C(=O)C23Cl)c(OC)c1. The van der Waals surface area contributed by atoms with Gasteiger partial charge < -0.3 is 19.7 Å². The number of likely N-dealkylation sites (tertiary alicyclic amines) is 1. The Kier molecular flexibility index (Phi) is 7.25. The topological polar surface area (TPSA) is 151 Å². The minimum Gasteiger partial charge on any atom is -0.507 e. The lowest BCUT2D eigenvalue weighted by Crippen LogP contribution is -2.60. The Morgan fingerprint density at radius 2 is 1.77 bits per heavy atom. The van der Waals surface area contributed by atoms with Crippen molar-refractivity contribution in [2.75, 3.05) is 24.6 Å². The number of anilines is 1. The van der Waals surface area contributed by atoms with Crippen molar-refractivity contribution in [1.29, 1.82) is 0 Å². The van der Waals surface area contributed by atoms with Crippen LogP contribution in [0.5, 0.6) is 17.2 Å². The third kappa shape index (κ3) is 3.89. The van der Waals surface area contributed by atoms with Crippen LogP contribution >= 0.6 is 39.1 Å². The maximum absolute atomic E-state index is 14.1. The van der Waals surface area contributed by atoms with E-state index in [9.17, 15) is 34.2 Å². The molecule has 2 N–H and O–H groups in total. The first kappa shape index (κ1) is 30.4. The molecule has 4 amide bonds. The van der Waals surface area contributed by atoms with E-state index in [2.05, 4.69) is 15.9 Å². The molecule has 2 saturated heterocycles. The van der Waals surface area contributed by atoms with E-state index in [0.717, 1.165) is 9.80 Å². The number of aromatic carboxylic acids is 1. The highest BCUT2D eigenvalue weighted by Gasteiger charge is 2.76. The average molecular weight is 708 g/mol. The quantitative estimate of drug-likeness (QED) is 0.196. The summed E-state index contributed by atoms with van der Waals surface area (Å²) in [5.41, 5.74) is 0.322. The van der Waals surface area contributed by atoms with Gasteiger partial charge in [0.1, 0.15) is 17.2 Å². The molecule has 3 fully saturated rings. The van der Waals surface area contributed by atoms with Crippen LogP contribution in [-0.4, -0.2) is 74.1 Å². The summed E-state index contributed by atoms with van der Waals surface area (Å²) >= 11 is 17.6. The molecule has 2 aromatic rings. The number of nitrogens with zero attached hydrogens (tertiary/aromatic N) is 2. The van der Waals surface area contributed by atoms with Crippen molar-refractivity contribution in [2.24, 2.45) is 17.8 Å². The molecule has 230 valence electrons. The molecule has 1 saturated carbocycles. The number of phenols is 1. The summed E-state index contributed by atoms with van der Waals surface area (Å²) < 4.78 is 10.9. The summed E-state index contributed by atoms with van der Waals surface area (Å²) in [6.07, 6.45) is 1.55. The van der Waals surface area contributed by atoms with E-state index in [4.69, 9.17) is 32.7 Å². The molecule has 6 atom stereocenters.